The molecule has 1 aliphatic rings. The molecule has 1 rings (SSSR count). The SMILES string of the molecule is O=C(CCNCCNC(=O)[C@H]1CCCC[C@H]1C(=O)NB=NP)NCCS. The molecule has 3 atom stereocenters. The van der Waals surface area contributed by atoms with Crippen molar-refractivity contribution in [1.29, 1.82) is 0 Å². The third-order valence-corrected chi connectivity index (χ3v) is 4.66. The second-order valence-corrected chi connectivity index (χ2v) is 6.89. The third kappa shape index (κ3) is 9.10. The molecule has 0 saturated heterocycles. The minimum absolute atomic E-state index is 0.0133. The van der Waals surface area contributed by atoms with E-state index in [-0.39, 0.29) is 29.6 Å². The first-order valence-electron chi connectivity index (χ1n) is 8.98. The fourth-order valence-corrected chi connectivity index (χ4v) is 3.17. The maximum atomic E-state index is 12.4. The molecular formula is C15H29BN5O3PS. The molecule has 0 spiro atoms. The molecule has 0 radical (unpaired) electrons. The summed E-state index contributed by atoms with van der Waals surface area (Å²) >= 11 is 4.03. The molecule has 0 heterocycles. The first-order valence-corrected chi connectivity index (χ1v) is 10.1. The molecule has 3 amide bonds. The summed E-state index contributed by atoms with van der Waals surface area (Å²) in [5, 5.41) is 11.4. The molecule has 4 N–H and O–H groups in total. The van der Waals surface area contributed by atoms with Gasteiger partial charge in [0, 0.05) is 12.3 Å². The Morgan fingerprint density at radius 2 is 1.69 bits per heavy atom. The second-order valence-electron chi connectivity index (χ2n) is 6.15. The van der Waals surface area contributed by atoms with Crippen LogP contribution in [0.25, 0.3) is 0 Å². The van der Waals surface area contributed by atoms with Crippen LogP contribution in [0.1, 0.15) is 32.1 Å². The van der Waals surface area contributed by atoms with E-state index in [1.807, 2.05) is 0 Å². The van der Waals surface area contributed by atoms with Crippen LogP contribution in [0.3, 0.4) is 0 Å². The van der Waals surface area contributed by atoms with Gasteiger partial charge in [0.2, 0.25) is 0 Å². The zero-order valence-electron chi connectivity index (χ0n) is 15.0. The van der Waals surface area contributed by atoms with Crippen LogP contribution in [0, 0.1) is 11.8 Å². The van der Waals surface area contributed by atoms with E-state index in [4.69, 9.17) is 0 Å². The molecule has 0 aromatic heterocycles. The maximum absolute atomic E-state index is 12.4. The summed E-state index contributed by atoms with van der Waals surface area (Å²) < 4.78 is 3.67. The fourth-order valence-electron chi connectivity index (χ4n) is 2.98. The predicted octanol–water partition coefficient (Wildman–Crippen LogP) is -0.356. The minimum Gasteiger partial charge on any atom is -0.355 e. The van der Waals surface area contributed by atoms with E-state index in [1.165, 1.54) is 7.21 Å². The number of amides is 3. The van der Waals surface area contributed by atoms with Gasteiger partial charge in [-0.15, -0.1) is 0 Å². The maximum Gasteiger partial charge on any atom is 0.0262 e. The smallest absolute Gasteiger partial charge is 0.0262 e. The molecule has 0 aromatic rings. The number of carbonyl (C=O) groups excluding carboxylic acids is 3. The zero-order valence-corrected chi connectivity index (χ0v) is 17.0. The standard InChI is InChI=1S/C15H29BN5O3PS/c22-13(18-9-10-26)5-6-17-7-8-19-14(23)11-3-1-2-4-12(11)15(24)20-16-21-25/h11-12,17,26H,1-10,25H2,(H,18,22)(H,19,23)(H,20,24)/t11-,12+/m0/s1. The average Bonchev–Trinajstić information content (AvgIpc) is 2.66. The number of carbonyl (C=O) groups is 3. The Morgan fingerprint density at radius 3 is 2.35 bits per heavy atom. The van der Waals surface area contributed by atoms with Gasteiger partial charge in [-0.3, -0.25) is 4.79 Å². The monoisotopic (exact) mass is 401 g/mol. The molecule has 0 bridgehead atoms. The number of thiol groups is 1. The third-order valence-electron chi connectivity index (χ3n) is 4.28. The van der Waals surface area contributed by atoms with E-state index in [0.717, 1.165) is 19.3 Å². The van der Waals surface area contributed by atoms with Gasteiger partial charge in [-0.1, -0.05) is 0 Å². The molecule has 0 aliphatic heterocycles. The van der Waals surface area contributed by atoms with Gasteiger partial charge < -0.3 is 5.32 Å². The molecule has 8 nitrogen and oxygen atoms in total. The van der Waals surface area contributed by atoms with E-state index in [0.29, 0.717) is 44.8 Å². The van der Waals surface area contributed by atoms with Gasteiger partial charge >= 0.3 is 128 Å². The summed E-state index contributed by atoms with van der Waals surface area (Å²) in [4.78, 5) is 36.0. The van der Waals surface area contributed by atoms with Crippen LogP contribution >= 0.6 is 22.0 Å². The van der Waals surface area contributed by atoms with Gasteiger partial charge in [-0.05, 0) is 0 Å². The van der Waals surface area contributed by atoms with Crippen LogP contribution in [0.5, 0.6) is 0 Å². The van der Waals surface area contributed by atoms with Crippen LogP contribution in [0.2, 0.25) is 0 Å². The van der Waals surface area contributed by atoms with E-state index < -0.39 is 0 Å². The first-order chi connectivity index (χ1) is 12.6. The van der Waals surface area contributed by atoms with Crippen molar-refractivity contribution in [2.24, 2.45) is 16.5 Å². The zero-order chi connectivity index (χ0) is 19.2. The van der Waals surface area contributed by atoms with E-state index >= 15 is 0 Å². The number of rotatable bonds is 11. The number of nitrogens with one attached hydrogen (secondary N) is 4. The molecule has 1 fully saturated rings. The van der Waals surface area contributed by atoms with E-state index in [9.17, 15) is 14.4 Å². The van der Waals surface area contributed by atoms with Crippen molar-refractivity contribution in [1.82, 2.24) is 21.2 Å². The Bertz CT molecular complexity index is 498. The first kappa shape index (κ1) is 23.1. The van der Waals surface area contributed by atoms with Gasteiger partial charge in [0.05, 0.1) is 0 Å². The quantitative estimate of drug-likeness (QED) is 0.141. The van der Waals surface area contributed by atoms with Crippen molar-refractivity contribution in [2.75, 3.05) is 31.9 Å². The van der Waals surface area contributed by atoms with Crippen LogP contribution < -0.4 is 21.2 Å². The largest absolute Gasteiger partial charge is 0.355 e. The van der Waals surface area contributed by atoms with Crippen LogP contribution in [-0.4, -0.2) is 56.9 Å². The van der Waals surface area contributed by atoms with Gasteiger partial charge in [0.1, 0.15) is 0 Å². The van der Waals surface area contributed by atoms with Gasteiger partial charge in [0.15, 0.2) is 0 Å². The second kappa shape index (κ2) is 14.1. The Labute approximate surface area is 163 Å². The molecule has 11 heteroatoms. The topological polar surface area (TPSA) is 112 Å². The van der Waals surface area contributed by atoms with Crippen LogP contribution in [0.15, 0.2) is 4.67 Å². The molecule has 1 unspecified atom stereocenters. The fraction of sp³-hybridized carbons (Fsp3) is 0.800. The molecule has 1 aliphatic carbocycles. The van der Waals surface area contributed by atoms with Crippen molar-refractivity contribution < 1.29 is 14.4 Å². The Kier molecular flexibility index (Phi) is 12.5. The van der Waals surface area contributed by atoms with Crippen molar-refractivity contribution in [3.05, 3.63) is 0 Å². The Balaban J connectivity index is 2.25. The molecular weight excluding hydrogens is 372 g/mol. The van der Waals surface area contributed by atoms with Crippen molar-refractivity contribution in [3.63, 3.8) is 0 Å². The summed E-state index contributed by atoms with van der Waals surface area (Å²) in [6.45, 7) is 2.16. The van der Waals surface area contributed by atoms with Crippen LogP contribution in [-0.2, 0) is 14.4 Å². The molecule has 26 heavy (non-hydrogen) atoms. The van der Waals surface area contributed by atoms with Gasteiger partial charge in [-0.2, -0.15) is 12.6 Å². The molecule has 0 aromatic carbocycles. The van der Waals surface area contributed by atoms with Gasteiger partial charge in [-0.25, -0.2) is 0 Å². The van der Waals surface area contributed by atoms with Crippen LogP contribution in [0.4, 0.5) is 0 Å². The Morgan fingerprint density at radius 1 is 1.00 bits per heavy atom. The average molecular weight is 401 g/mol. The summed E-state index contributed by atoms with van der Waals surface area (Å²) in [6, 6.07) is 0. The van der Waals surface area contributed by atoms with Crippen molar-refractivity contribution in [2.45, 2.75) is 32.1 Å². The summed E-state index contributed by atoms with van der Waals surface area (Å²) in [7, 11) is 3.48. The number of nitrogens with zero attached hydrogens (tertiary/aromatic N) is 1. The van der Waals surface area contributed by atoms with Gasteiger partial charge in [0.25, 0.3) is 0 Å². The van der Waals surface area contributed by atoms with Crippen molar-refractivity contribution >= 4 is 46.9 Å². The molecule has 1 saturated carbocycles. The predicted molar refractivity (Wildman–Crippen MR) is 109 cm³/mol. The van der Waals surface area contributed by atoms with E-state index in [1.54, 1.807) is 0 Å². The van der Waals surface area contributed by atoms with E-state index in [2.05, 4.69) is 47.9 Å². The number of hydrogen-bond donors (Lipinski definition) is 5. The number of hydrogen-bond acceptors (Lipinski definition) is 6. The summed E-state index contributed by atoms with van der Waals surface area (Å²) in [6.07, 6.45) is 3.74. The summed E-state index contributed by atoms with van der Waals surface area (Å²) in [5.74, 6) is -0.234. The summed E-state index contributed by atoms with van der Waals surface area (Å²) in [5.41, 5.74) is 0. The normalized spacial score (nSPS) is 19.6. The van der Waals surface area contributed by atoms with Crippen molar-refractivity contribution in [3.8, 4) is 0 Å². The molecule has 146 valence electrons. The minimum atomic E-state index is -0.310. The Hall–Kier alpha value is -0.985.